The van der Waals surface area contributed by atoms with E-state index in [1.54, 1.807) is 6.21 Å². The summed E-state index contributed by atoms with van der Waals surface area (Å²) in [7, 11) is 0. The van der Waals surface area contributed by atoms with Crippen LogP contribution in [0.3, 0.4) is 0 Å². The molecule has 0 saturated carbocycles. The van der Waals surface area contributed by atoms with E-state index in [1.807, 2.05) is 49.4 Å². The Morgan fingerprint density at radius 2 is 2.13 bits per heavy atom. The van der Waals surface area contributed by atoms with Crippen LogP contribution in [0.25, 0.3) is 0 Å². The van der Waals surface area contributed by atoms with E-state index in [9.17, 15) is 4.79 Å². The first kappa shape index (κ1) is 17.2. The van der Waals surface area contributed by atoms with Crippen molar-refractivity contribution in [1.82, 2.24) is 5.43 Å². The number of aryl methyl sites for hydroxylation is 2. The predicted octanol–water partition coefficient (Wildman–Crippen LogP) is 3.85. The van der Waals surface area contributed by atoms with Crippen LogP contribution in [-0.2, 0) is 11.2 Å². The van der Waals surface area contributed by atoms with Gasteiger partial charge in [0, 0.05) is 0 Å². The predicted molar refractivity (Wildman–Crippen MR) is 95.9 cm³/mol. The zero-order chi connectivity index (χ0) is 16.7. The highest BCUT2D eigenvalue weighted by atomic mass is 79.9. The maximum Gasteiger partial charge on any atom is 0.277 e. The average molecular weight is 375 g/mol. The van der Waals surface area contributed by atoms with Crippen LogP contribution in [0.2, 0.25) is 0 Å². The van der Waals surface area contributed by atoms with Gasteiger partial charge in [-0.15, -0.1) is 0 Å². The quantitative estimate of drug-likeness (QED) is 0.616. The van der Waals surface area contributed by atoms with E-state index in [4.69, 9.17) is 4.74 Å². The summed E-state index contributed by atoms with van der Waals surface area (Å²) in [6.07, 6.45) is 2.56. The van der Waals surface area contributed by atoms with Gasteiger partial charge in [-0.2, -0.15) is 5.10 Å². The molecule has 0 aromatic heterocycles. The minimum atomic E-state index is -0.305. The van der Waals surface area contributed by atoms with Gasteiger partial charge < -0.3 is 4.74 Å². The summed E-state index contributed by atoms with van der Waals surface area (Å²) in [5.74, 6) is 0.334. The third-order valence-electron chi connectivity index (χ3n) is 3.21. The average Bonchev–Trinajstić information content (AvgIpc) is 2.53. The molecular weight excluding hydrogens is 356 g/mol. The molecule has 0 radical (unpaired) electrons. The number of hydrazone groups is 1. The molecule has 2 aromatic carbocycles. The molecule has 0 atom stereocenters. The number of hydrogen-bond donors (Lipinski definition) is 1. The molecule has 1 N–H and O–H groups in total. The monoisotopic (exact) mass is 374 g/mol. The van der Waals surface area contributed by atoms with Crippen molar-refractivity contribution in [2.24, 2.45) is 5.10 Å². The molecule has 0 bridgehead atoms. The molecule has 5 heteroatoms. The van der Waals surface area contributed by atoms with Crippen molar-refractivity contribution < 1.29 is 9.53 Å². The fourth-order valence-corrected chi connectivity index (χ4v) is 2.53. The molecule has 1 amide bonds. The van der Waals surface area contributed by atoms with E-state index in [0.717, 1.165) is 22.0 Å². The molecule has 23 heavy (non-hydrogen) atoms. The second-order valence-corrected chi connectivity index (χ2v) is 5.97. The summed E-state index contributed by atoms with van der Waals surface area (Å²) < 4.78 is 6.33. The molecule has 0 aliphatic carbocycles. The van der Waals surface area contributed by atoms with E-state index >= 15 is 0 Å². The van der Waals surface area contributed by atoms with Gasteiger partial charge in [0.25, 0.3) is 5.91 Å². The Labute approximate surface area is 144 Å². The highest BCUT2D eigenvalue weighted by Gasteiger charge is 2.05. The van der Waals surface area contributed by atoms with Crippen molar-refractivity contribution in [2.75, 3.05) is 6.61 Å². The van der Waals surface area contributed by atoms with Gasteiger partial charge in [-0.25, -0.2) is 5.43 Å². The third-order valence-corrected chi connectivity index (χ3v) is 3.83. The molecular formula is C18H19BrN2O2. The number of hydrogen-bond acceptors (Lipinski definition) is 3. The van der Waals surface area contributed by atoms with Gasteiger partial charge in [0.2, 0.25) is 0 Å². The van der Waals surface area contributed by atoms with Crippen molar-refractivity contribution in [3.8, 4) is 5.75 Å². The Bertz CT molecular complexity index is 714. The Morgan fingerprint density at radius 3 is 2.83 bits per heavy atom. The number of carbonyl (C=O) groups excluding carboxylic acids is 1. The molecule has 0 saturated heterocycles. The lowest BCUT2D eigenvalue weighted by Gasteiger charge is -2.08. The largest absolute Gasteiger partial charge is 0.483 e. The zero-order valence-corrected chi connectivity index (χ0v) is 14.8. The number of rotatable bonds is 6. The normalized spacial score (nSPS) is 10.7. The fraction of sp³-hybridized carbons (Fsp3) is 0.222. The first-order chi connectivity index (χ1) is 11.1. The standard InChI is InChI=1S/C18H19BrN2O2/c1-3-14-7-8-17(16(19)10-14)23-12-18(22)21-20-11-15-6-4-5-13(2)9-15/h4-11H,3,12H2,1-2H3,(H,21,22). The van der Waals surface area contributed by atoms with Crippen LogP contribution in [0.1, 0.15) is 23.6 Å². The summed E-state index contributed by atoms with van der Waals surface area (Å²) in [5.41, 5.74) is 5.74. The number of amides is 1. The molecule has 0 heterocycles. The number of benzene rings is 2. The first-order valence-electron chi connectivity index (χ1n) is 7.38. The van der Waals surface area contributed by atoms with Crippen molar-refractivity contribution >= 4 is 28.1 Å². The van der Waals surface area contributed by atoms with Crippen molar-refractivity contribution in [3.63, 3.8) is 0 Å². The topological polar surface area (TPSA) is 50.7 Å². The van der Waals surface area contributed by atoms with Gasteiger partial charge >= 0.3 is 0 Å². The van der Waals surface area contributed by atoms with Crippen LogP contribution in [0.5, 0.6) is 5.75 Å². The Kier molecular flexibility index (Phi) is 6.35. The van der Waals surface area contributed by atoms with E-state index in [0.29, 0.717) is 5.75 Å². The lowest BCUT2D eigenvalue weighted by atomic mass is 10.2. The van der Waals surface area contributed by atoms with E-state index in [1.165, 1.54) is 5.56 Å². The van der Waals surface area contributed by atoms with Gasteiger partial charge in [0.05, 0.1) is 10.7 Å². The third kappa shape index (κ3) is 5.53. The van der Waals surface area contributed by atoms with Crippen molar-refractivity contribution in [1.29, 1.82) is 0 Å². The second kappa shape index (κ2) is 8.48. The minimum absolute atomic E-state index is 0.0881. The number of nitrogens with zero attached hydrogens (tertiary/aromatic N) is 1. The number of carbonyl (C=O) groups is 1. The van der Waals surface area contributed by atoms with Crippen LogP contribution in [0.15, 0.2) is 52.0 Å². The molecule has 2 rings (SSSR count). The second-order valence-electron chi connectivity index (χ2n) is 5.11. The molecule has 0 spiro atoms. The molecule has 4 nitrogen and oxygen atoms in total. The molecule has 0 aliphatic heterocycles. The SMILES string of the molecule is CCc1ccc(OCC(=O)NN=Cc2cccc(C)c2)c(Br)c1. The molecule has 120 valence electrons. The van der Waals surface area contributed by atoms with Crippen LogP contribution < -0.4 is 10.2 Å². The van der Waals surface area contributed by atoms with Crippen molar-refractivity contribution in [3.05, 3.63) is 63.6 Å². The molecule has 0 fully saturated rings. The van der Waals surface area contributed by atoms with Gasteiger partial charge in [0.15, 0.2) is 6.61 Å². The first-order valence-corrected chi connectivity index (χ1v) is 8.17. The lowest BCUT2D eigenvalue weighted by molar-refractivity contribution is -0.123. The Balaban J connectivity index is 1.83. The van der Waals surface area contributed by atoms with Crippen molar-refractivity contribution in [2.45, 2.75) is 20.3 Å². The van der Waals surface area contributed by atoms with Crippen LogP contribution >= 0.6 is 15.9 Å². The van der Waals surface area contributed by atoms with E-state index < -0.39 is 0 Å². The number of halogens is 1. The summed E-state index contributed by atoms with van der Waals surface area (Å²) in [6.45, 7) is 4.00. The molecule has 2 aromatic rings. The van der Waals surface area contributed by atoms with E-state index in [-0.39, 0.29) is 12.5 Å². The van der Waals surface area contributed by atoms with Crippen LogP contribution in [-0.4, -0.2) is 18.7 Å². The lowest BCUT2D eigenvalue weighted by Crippen LogP contribution is -2.24. The van der Waals surface area contributed by atoms with Gasteiger partial charge in [0.1, 0.15) is 5.75 Å². The maximum absolute atomic E-state index is 11.7. The Hall–Kier alpha value is -2.14. The van der Waals surface area contributed by atoms with Gasteiger partial charge in [-0.1, -0.05) is 42.8 Å². The molecule has 0 aliphatic rings. The van der Waals surface area contributed by atoms with Crippen LogP contribution in [0, 0.1) is 6.92 Å². The Morgan fingerprint density at radius 1 is 1.30 bits per heavy atom. The summed E-state index contributed by atoms with van der Waals surface area (Å²) in [4.78, 5) is 11.7. The number of ether oxygens (including phenoxy) is 1. The number of nitrogens with one attached hydrogen (secondary N) is 1. The summed E-state index contributed by atoms with van der Waals surface area (Å²) >= 11 is 3.44. The zero-order valence-electron chi connectivity index (χ0n) is 13.2. The van der Waals surface area contributed by atoms with Crippen LogP contribution in [0.4, 0.5) is 0 Å². The fourth-order valence-electron chi connectivity index (χ4n) is 1.99. The highest BCUT2D eigenvalue weighted by Crippen LogP contribution is 2.26. The molecule has 0 unspecified atom stereocenters. The van der Waals surface area contributed by atoms with Gasteiger partial charge in [-0.3, -0.25) is 4.79 Å². The summed E-state index contributed by atoms with van der Waals surface area (Å²) in [6, 6.07) is 13.7. The van der Waals surface area contributed by atoms with Gasteiger partial charge in [-0.05, 0) is 52.5 Å². The minimum Gasteiger partial charge on any atom is -0.483 e. The maximum atomic E-state index is 11.7. The smallest absolute Gasteiger partial charge is 0.277 e. The highest BCUT2D eigenvalue weighted by molar-refractivity contribution is 9.10. The van der Waals surface area contributed by atoms with E-state index in [2.05, 4.69) is 33.4 Å². The summed E-state index contributed by atoms with van der Waals surface area (Å²) in [5, 5.41) is 3.93.